The van der Waals surface area contributed by atoms with Gasteiger partial charge in [0.15, 0.2) is 0 Å². The molecule has 2 saturated heterocycles. The summed E-state index contributed by atoms with van der Waals surface area (Å²) < 4.78 is 0. The summed E-state index contributed by atoms with van der Waals surface area (Å²) in [5, 5.41) is 2.05. The highest BCUT2D eigenvalue weighted by molar-refractivity contribution is 8.03. The SMILES string of the molecule is O=C(C1=CS[C@@H]2CC(=O)N12)N1CCCC1. The standard InChI is InChI=1S/C10H12N2O2S/c13-8-5-9-12(8)7(6-15-9)10(14)11-3-1-2-4-11/h6,9H,1-5H2/t9-/m1/s1. The van der Waals surface area contributed by atoms with E-state index in [1.165, 1.54) is 0 Å². The first-order chi connectivity index (χ1) is 7.27. The van der Waals surface area contributed by atoms with Gasteiger partial charge in [0.25, 0.3) is 5.91 Å². The van der Waals surface area contributed by atoms with Crippen molar-refractivity contribution in [3.63, 3.8) is 0 Å². The number of thioether (sulfide) groups is 1. The van der Waals surface area contributed by atoms with Crippen LogP contribution in [0.4, 0.5) is 0 Å². The maximum atomic E-state index is 12.0. The van der Waals surface area contributed by atoms with Gasteiger partial charge in [-0.15, -0.1) is 11.8 Å². The molecule has 0 N–H and O–H groups in total. The predicted molar refractivity (Wildman–Crippen MR) is 56.7 cm³/mol. The second-order valence-electron chi connectivity index (χ2n) is 4.06. The lowest BCUT2D eigenvalue weighted by atomic mass is 10.1. The molecule has 3 aliphatic rings. The molecule has 1 atom stereocenters. The van der Waals surface area contributed by atoms with Crippen LogP contribution in [0.3, 0.4) is 0 Å². The van der Waals surface area contributed by atoms with Gasteiger partial charge in [0.05, 0.1) is 11.8 Å². The minimum absolute atomic E-state index is 0.0375. The van der Waals surface area contributed by atoms with Crippen molar-refractivity contribution >= 4 is 23.6 Å². The first kappa shape index (κ1) is 9.27. The molecule has 0 aliphatic carbocycles. The Morgan fingerprint density at radius 2 is 2.13 bits per heavy atom. The zero-order valence-corrected chi connectivity index (χ0v) is 9.13. The first-order valence-electron chi connectivity index (χ1n) is 5.24. The maximum absolute atomic E-state index is 12.0. The lowest BCUT2D eigenvalue weighted by Gasteiger charge is -2.35. The molecule has 3 heterocycles. The van der Waals surface area contributed by atoms with Crippen molar-refractivity contribution in [2.75, 3.05) is 13.1 Å². The van der Waals surface area contributed by atoms with Crippen LogP contribution in [0.1, 0.15) is 19.3 Å². The quantitative estimate of drug-likeness (QED) is 0.617. The Hall–Kier alpha value is -0.970. The molecule has 0 bridgehead atoms. The summed E-state index contributed by atoms with van der Waals surface area (Å²) in [5.74, 6) is 0.124. The van der Waals surface area contributed by atoms with Gasteiger partial charge in [-0.3, -0.25) is 14.5 Å². The zero-order valence-electron chi connectivity index (χ0n) is 8.31. The smallest absolute Gasteiger partial charge is 0.271 e. The maximum Gasteiger partial charge on any atom is 0.271 e. The lowest BCUT2D eigenvalue weighted by Crippen LogP contribution is -2.50. The summed E-state index contributed by atoms with van der Waals surface area (Å²) in [4.78, 5) is 26.9. The van der Waals surface area contributed by atoms with Crippen LogP contribution in [-0.2, 0) is 9.59 Å². The zero-order chi connectivity index (χ0) is 10.4. The van der Waals surface area contributed by atoms with Crippen molar-refractivity contribution in [2.45, 2.75) is 24.6 Å². The normalized spacial score (nSPS) is 28.9. The van der Waals surface area contributed by atoms with Gasteiger partial charge in [0, 0.05) is 18.5 Å². The molecule has 3 rings (SSSR count). The van der Waals surface area contributed by atoms with Crippen molar-refractivity contribution in [3.8, 4) is 0 Å². The van der Waals surface area contributed by atoms with Crippen molar-refractivity contribution in [1.29, 1.82) is 0 Å². The molecule has 2 amide bonds. The van der Waals surface area contributed by atoms with E-state index in [4.69, 9.17) is 0 Å². The van der Waals surface area contributed by atoms with Gasteiger partial charge in [0.2, 0.25) is 5.91 Å². The van der Waals surface area contributed by atoms with Crippen LogP contribution in [0.25, 0.3) is 0 Å². The fraction of sp³-hybridized carbons (Fsp3) is 0.600. The summed E-state index contributed by atoms with van der Waals surface area (Å²) in [6, 6.07) is 0. The first-order valence-corrected chi connectivity index (χ1v) is 6.18. The van der Waals surface area contributed by atoms with Gasteiger partial charge in [-0.05, 0) is 12.8 Å². The molecular formula is C10H12N2O2S. The average Bonchev–Trinajstić information content (AvgIpc) is 2.82. The minimum Gasteiger partial charge on any atom is -0.337 e. The highest BCUT2D eigenvalue weighted by Crippen LogP contribution is 2.41. The molecule has 0 spiro atoms. The highest BCUT2D eigenvalue weighted by Gasteiger charge is 2.45. The van der Waals surface area contributed by atoms with Crippen LogP contribution in [0.15, 0.2) is 11.1 Å². The largest absolute Gasteiger partial charge is 0.337 e. The Morgan fingerprint density at radius 1 is 1.40 bits per heavy atom. The third-order valence-corrected chi connectivity index (χ3v) is 4.17. The number of carbonyl (C=O) groups is 2. The number of nitrogens with zero attached hydrogens (tertiary/aromatic N) is 2. The van der Waals surface area contributed by atoms with Crippen molar-refractivity contribution in [2.24, 2.45) is 0 Å². The van der Waals surface area contributed by atoms with Gasteiger partial charge in [-0.25, -0.2) is 0 Å². The van der Waals surface area contributed by atoms with Crippen LogP contribution < -0.4 is 0 Å². The number of hydrogen-bond donors (Lipinski definition) is 0. The van der Waals surface area contributed by atoms with Crippen LogP contribution >= 0.6 is 11.8 Å². The number of fused-ring (bicyclic) bond motifs is 1. The lowest BCUT2D eigenvalue weighted by molar-refractivity contribution is -0.142. The van der Waals surface area contributed by atoms with E-state index in [1.807, 2.05) is 10.3 Å². The molecule has 80 valence electrons. The Kier molecular flexibility index (Phi) is 2.02. The van der Waals surface area contributed by atoms with E-state index in [0.717, 1.165) is 25.9 Å². The van der Waals surface area contributed by atoms with Crippen LogP contribution in [0, 0.1) is 0 Å². The van der Waals surface area contributed by atoms with Gasteiger partial charge < -0.3 is 4.90 Å². The van der Waals surface area contributed by atoms with Crippen LogP contribution in [-0.4, -0.2) is 40.1 Å². The summed E-state index contributed by atoms with van der Waals surface area (Å²) in [7, 11) is 0. The second-order valence-corrected chi connectivity index (χ2v) is 5.11. The fourth-order valence-corrected chi connectivity index (χ4v) is 3.31. The number of likely N-dealkylation sites (tertiary alicyclic amines) is 1. The molecule has 3 aliphatic heterocycles. The minimum atomic E-state index is 0.0375. The number of hydrogen-bond acceptors (Lipinski definition) is 3. The molecular weight excluding hydrogens is 212 g/mol. The van der Waals surface area contributed by atoms with E-state index in [2.05, 4.69) is 0 Å². The number of β-lactam (4-membered cyclic amide) rings is 1. The Balaban J connectivity index is 1.76. The molecule has 0 aromatic carbocycles. The summed E-state index contributed by atoms with van der Waals surface area (Å²) >= 11 is 1.59. The third-order valence-electron chi connectivity index (χ3n) is 3.11. The molecule has 2 fully saturated rings. The van der Waals surface area contributed by atoms with E-state index in [0.29, 0.717) is 12.1 Å². The molecule has 0 aromatic heterocycles. The molecule has 4 nitrogen and oxygen atoms in total. The number of carbonyl (C=O) groups excluding carboxylic acids is 2. The van der Waals surface area contributed by atoms with E-state index in [-0.39, 0.29) is 17.2 Å². The summed E-state index contributed by atoms with van der Waals surface area (Å²) in [6.45, 7) is 1.68. The topological polar surface area (TPSA) is 40.6 Å². The van der Waals surface area contributed by atoms with Gasteiger partial charge in [-0.2, -0.15) is 0 Å². The van der Waals surface area contributed by atoms with E-state index in [1.54, 1.807) is 16.7 Å². The molecule has 0 radical (unpaired) electrons. The second kappa shape index (κ2) is 3.27. The van der Waals surface area contributed by atoms with Crippen molar-refractivity contribution < 1.29 is 9.59 Å². The molecule has 0 aromatic rings. The average molecular weight is 224 g/mol. The Morgan fingerprint density at radius 3 is 2.80 bits per heavy atom. The van der Waals surface area contributed by atoms with E-state index >= 15 is 0 Å². The van der Waals surface area contributed by atoms with E-state index < -0.39 is 0 Å². The molecule has 15 heavy (non-hydrogen) atoms. The third kappa shape index (κ3) is 1.29. The van der Waals surface area contributed by atoms with Gasteiger partial charge in [-0.1, -0.05) is 0 Å². The van der Waals surface area contributed by atoms with Crippen LogP contribution in [0.2, 0.25) is 0 Å². The molecule has 5 heteroatoms. The van der Waals surface area contributed by atoms with Crippen molar-refractivity contribution in [1.82, 2.24) is 9.80 Å². The van der Waals surface area contributed by atoms with Crippen molar-refractivity contribution in [3.05, 3.63) is 11.1 Å². The summed E-state index contributed by atoms with van der Waals surface area (Å²) in [5.41, 5.74) is 0.600. The van der Waals surface area contributed by atoms with Gasteiger partial charge in [0.1, 0.15) is 5.70 Å². The molecule has 0 saturated carbocycles. The number of amides is 2. The fourth-order valence-electron chi connectivity index (χ4n) is 2.22. The van der Waals surface area contributed by atoms with Gasteiger partial charge >= 0.3 is 0 Å². The highest BCUT2D eigenvalue weighted by atomic mass is 32.2. The monoisotopic (exact) mass is 224 g/mol. The van der Waals surface area contributed by atoms with Crippen LogP contribution in [0.5, 0.6) is 0 Å². The number of rotatable bonds is 1. The predicted octanol–water partition coefficient (Wildman–Crippen LogP) is 0.755. The Labute approximate surface area is 92.3 Å². The summed E-state index contributed by atoms with van der Waals surface area (Å²) in [6.07, 6.45) is 2.75. The molecule has 0 unspecified atom stereocenters. The van der Waals surface area contributed by atoms with E-state index in [9.17, 15) is 9.59 Å². The Bertz CT molecular complexity index is 360.